The summed E-state index contributed by atoms with van der Waals surface area (Å²) in [6.45, 7) is 0. The van der Waals surface area contributed by atoms with Gasteiger partial charge in [-0.1, -0.05) is 60.7 Å². The summed E-state index contributed by atoms with van der Waals surface area (Å²) >= 11 is 0. The molecule has 0 spiro atoms. The number of hydrogen-bond acceptors (Lipinski definition) is 1. The van der Waals surface area contributed by atoms with Gasteiger partial charge in [-0.3, -0.25) is 4.79 Å². The second kappa shape index (κ2) is 6.25. The molecular weight excluding hydrogens is 227 g/mol. The molecule has 86 valence electrons. The van der Waals surface area contributed by atoms with Crippen LogP contribution in [0, 0.1) is 0 Å². The Kier molecular flexibility index (Phi) is 4.96. The lowest BCUT2D eigenvalue weighted by Crippen LogP contribution is -2.12. The molecular formula is C14H15AlO2. The number of benzene rings is 2. The first-order valence-corrected chi connectivity index (χ1v) is 5.12. The highest BCUT2D eigenvalue weighted by Gasteiger charge is 2.20. The Hall–Kier alpha value is -1.56. The number of carboxylic acids is 1. The van der Waals surface area contributed by atoms with Gasteiger partial charge in [-0.2, -0.15) is 0 Å². The van der Waals surface area contributed by atoms with Crippen LogP contribution in [0.15, 0.2) is 60.7 Å². The van der Waals surface area contributed by atoms with Crippen LogP contribution in [0.5, 0.6) is 0 Å². The molecule has 0 heterocycles. The maximum absolute atomic E-state index is 11.3. The van der Waals surface area contributed by atoms with E-state index >= 15 is 0 Å². The van der Waals surface area contributed by atoms with Crippen LogP contribution in [0.25, 0.3) is 0 Å². The van der Waals surface area contributed by atoms with Crippen molar-refractivity contribution in [3.63, 3.8) is 0 Å². The van der Waals surface area contributed by atoms with E-state index in [2.05, 4.69) is 0 Å². The van der Waals surface area contributed by atoms with Crippen molar-refractivity contribution in [1.82, 2.24) is 0 Å². The van der Waals surface area contributed by atoms with Crippen molar-refractivity contribution < 1.29 is 9.90 Å². The molecule has 0 bridgehead atoms. The number of carbonyl (C=O) groups is 1. The monoisotopic (exact) mass is 242 g/mol. The molecule has 2 aromatic carbocycles. The van der Waals surface area contributed by atoms with Gasteiger partial charge in [0.1, 0.15) is 5.92 Å². The van der Waals surface area contributed by atoms with Crippen LogP contribution in [0.3, 0.4) is 0 Å². The molecule has 0 saturated carbocycles. The predicted molar refractivity (Wildman–Crippen MR) is 72.3 cm³/mol. The Bertz CT molecular complexity index is 429. The third-order valence-corrected chi connectivity index (χ3v) is 2.51. The molecule has 0 aromatic heterocycles. The number of carboxylic acid groups (broad SMARTS) is 1. The number of rotatable bonds is 3. The van der Waals surface area contributed by atoms with Crippen molar-refractivity contribution in [2.75, 3.05) is 0 Å². The van der Waals surface area contributed by atoms with E-state index in [1.54, 1.807) is 0 Å². The zero-order chi connectivity index (χ0) is 11.4. The molecule has 3 heteroatoms. The fourth-order valence-electron chi connectivity index (χ4n) is 1.77. The highest BCUT2D eigenvalue weighted by Crippen LogP contribution is 2.24. The predicted octanol–water partition coefficient (Wildman–Crippen LogP) is 1.72. The van der Waals surface area contributed by atoms with Crippen molar-refractivity contribution in [3.05, 3.63) is 71.8 Å². The third-order valence-electron chi connectivity index (χ3n) is 2.51. The van der Waals surface area contributed by atoms with Crippen LogP contribution in [0.1, 0.15) is 17.0 Å². The van der Waals surface area contributed by atoms with Gasteiger partial charge in [0.15, 0.2) is 17.4 Å². The Balaban J connectivity index is 0.00000144. The molecule has 2 nitrogen and oxygen atoms in total. The van der Waals surface area contributed by atoms with Crippen molar-refractivity contribution in [2.45, 2.75) is 5.92 Å². The van der Waals surface area contributed by atoms with E-state index in [4.69, 9.17) is 0 Å². The molecule has 0 aliphatic rings. The van der Waals surface area contributed by atoms with Gasteiger partial charge in [0.2, 0.25) is 0 Å². The maximum atomic E-state index is 11.3. The average molecular weight is 242 g/mol. The van der Waals surface area contributed by atoms with E-state index in [1.165, 1.54) is 0 Å². The fourth-order valence-corrected chi connectivity index (χ4v) is 1.77. The first-order valence-electron chi connectivity index (χ1n) is 5.12. The van der Waals surface area contributed by atoms with E-state index in [1.807, 2.05) is 60.7 Å². The van der Waals surface area contributed by atoms with Gasteiger partial charge in [0.05, 0.1) is 0 Å². The van der Waals surface area contributed by atoms with Crippen LogP contribution in [-0.4, -0.2) is 28.4 Å². The summed E-state index contributed by atoms with van der Waals surface area (Å²) in [5.74, 6) is -1.40. The number of hydrogen-bond donors (Lipinski definition) is 1. The maximum Gasteiger partial charge on any atom is 0.315 e. The zero-order valence-corrected chi connectivity index (χ0v) is 8.71. The lowest BCUT2D eigenvalue weighted by molar-refractivity contribution is -0.137. The lowest BCUT2D eigenvalue weighted by atomic mass is 9.92. The first kappa shape index (κ1) is 13.5. The van der Waals surface area contributed by atoms with E-state index in [-0.39, 0.29) is 17.4 Å². The largest absolute Gasteiger partial charge is 0.481 e. The first-order chi connectivity index (χ1) is 7.79. The van der Waals surface area contributed by atoms with E-state index in [0.717, 1.165) is 11.1 Å². The van der Waals surface area contributed by atoms with Crippen molar-refractivity contribution in [3.8, 4) is 0 Å². The van der Waals surface area contributed by atoms with Gasteiger partial charge in [0.25, 0.3) is 0 Å². The Morgan fingerprint density at radius 3 is 1.47 bits per heavy atom. The minimum atomic E-state index is -0.822. The number of aliphatic carboxylic acids is 1. The standard InChI is InChI=1S/C14H12O2.Al.3H/c15-14(16)13(11-7-3-1-4-8-11)12-9-5-2-6-10-12;;;;/h1-10,13H,(H,15,16);;;;. The van der Waals surface area contributed by atoms with Gasteiger partial charge >= 0.3 is 5.97 Å². The Morgan fingerprint density at radius 2 is 1.18 bits per heavy atom. The van der Waals surface area contributed by atoms with Gasteiger partial charge in [0, 0.05) is 0 Å². The van der Waals surface area contributed by atoms with E-state index in [9.17, 15) is 9.90 Å². The SMILES string of the molecule is O=C(O)C(c1ccccc1)c1ccccc1.[AlH3]. The minimum absolute atomic E-state index is 0. The summed E-state index contributed by atoms with van der Waals surface area (Å²) in [5.41, 5.74) is 1.61. The quantitative estimate of drug-likeness (QED) is 0.832. The van der Waals surface area contributed by atoms with Crippen LogP contribution < -0.4 is 0 Å². The van der Waals surface area contributed by atoms with Crippen molar-refractivity contribution >= 4 is 23.3 Å². The highest BCUT2D eigenvalue weighted by molar-refractivity contribution is 5.80. The summed E-state index contributed by atoms with van der Waals surface area (Å²) in [5, 5.41) is 9.28. The summed E-state index contributed by atoms with van der Waals surface area (Å²) in [7, 11) is 0. The second-order valence-corrected chi connectivity index (χ2v) is 3.59. The normalized spacial score (nSPS) is 9.71. The van der Waals surface area contributed by atoms with Gasteiger partial charge in [-0.25, -0.2) is 0 Å². The van der Waals surface area contributed by atoms with Gasteiger partial charge in [-0.05, 0) is 11.1 Å². The minimum Gasteiger partial charge on any atom is -0.481 e. The van der Waals surface area contributed by atoms with Crippen LogP contribution in [0.4, 0.5) is 0 Å². The van der Waals surface area contributed by atoms with Gasteiger partial charge < -0.3 is 5.11 Å². The van der Waals surface area contributed by atoms with Crippen LogP contribution >= 0.6 is 0 Å². The molecule has 2 rings (SSSR count). The summed E-state index contributed by atoms with van der Waals surface area (Å²) < 4.78 is 0. The molecule has 0 unspecified atom stereocenters. The molecule has 0 fully saturated rings. The average Bonchev–Trinajstić information content (AvgIpc) is 2.31. The Labute approximate surface area is 111 Å². The topological polar surface area (TPSA) is 37.3 Å². The van der Waals surface area contributed by atoms with Crippen LogP contribution in [0.2, 0.25) is 0 Å². The smallest absolute Gasteiger partial charge is 0.315 e. The summed E-state index contributed by atoms with van der Waals surface area (Å²) in [6, 6.07) is 18.5. The van der Waals surface area contributed by atoms with Crippen molar-refractivity contribution in [2.24, 2.45) is 0 Å². The van der Waals surface area contributed by atoms with Crippen LogP contribution in [-0.2, 0) is 4.79 Å². The van der Waals surface area contributed by atoms with E-state index in [0.29, 0.717) is 0 Å². The molecule has 17 heavy (non-hydrogen) atoms. The van der Waals surface area contributed by atoms with Crippen molar-refractivity contribution in [1.29, 1.82) is 0 Å². The van der Waals surface area contributed by atoms with E-state index < -0.39 is 11.9 Å². The molecule has 0 amide bonds. The second-order valence-electron chi connectivity index (χ2n) is 3.59. The Morgan fingerprint density at radius 1 is 0.824 bits per heavy atom. The summed E-state index contributed by atoms with van der Waals surface area (Å²) in [6.07, 6.45) is 0. The molecule has 0 saturated heterocycles. The molecule has 2 aromatic rings. The fraction of sp³-hybridized carbons (Fsp3) is 0.0714. The highest BCUT2D eigenvalue weighted by atomic mass is 27.0. The summed E-state index contributed by atoms with van der Waals surface area (Å²) in [4.78, 5) is 11.3. The lowest BCUT2D eigenvalue weighted by Gasteiger charge is -2.12. The molecule has 0 atom stereocenters. The molecule has 0 aliphatic carbocycles. The third kappa shape index (κ3) is 3.20. The van der Waals surface area contributed by atoms with Gasteiger partial charge in [-0.15, -0.1) is 0 Å². The molecule has 0 radical (unpaired) electrons. The molecule has 1 N–H and O–H groups in total. The zero-order valence-electron chi connectivity index (χ0n) is 8.71. The molecule has 0 aliphatic heterocycles.